The smallest absolute Gasteiger partial charge is 0.344 e. The molecule has 2 aromatic heterocycles. The lowest BCUT2D eigenvalue weighted by molar-refractivity contribution is 0.525. The molecule has 0 saturated heterocycles. The van der Waals surface area contributed by atoms with Gasteiger partial charge in [0.1, 0.15) is 16.6 Å². The molecule has 0 aliphatic carbocycles. The Morgan fingerprint density at radius 1 is 0.762 bits per heavy atom. The van der Waals surface area contributed by atoms with Crippen LogP contribution < -0.4 is 5.63 Å². The zero-order chi connectivity index (χ0) is 28.9. The lowest BCUT2D eigenvalue weighted by Crippen LogP contribution is -2.04. The maximum atomic E-state index is 13.1. The number of benzene rings is 4. The summed E-state index contributed by atoms with van der Waals surface area (Å²) in [6, 6.07) is 28.4. The Morgan fingerprint density at radius 2 is 1.52 bits per heavy atom. The minimum atomic E-state index is -0.341. The average Bonchev–Trinajstić information content (AvgIpc) is 3.47. The van der Waals surface area contributed by atoms with E-state index >= 15 is 0 Å². The SMILES string of the molecule is CCCCCCCCCC(CC)c1ccc(-c2cc3ccc(-n4nc5ccc6ccccc6c5n4)cc3oc2=O)cc1. The number of unbranched alkanes of at least 4 members (excludes halogenated alkanes) is 6. The maximum absolute atomic E-state index is 13.1. The van der Waals surface area contributed by atoms with Gasteiger partial charge in [0.2, 0.25) is 0 Å². The van der Waals surface area contributed by atoms with Gasteiger partial charge in [0, 0.05) is 16.8 Å². The van der Waals surface area contributed by atoms with Gasteiger partial charge in [-0.05, 0) is 59.5 Å². The zero-order valence-corrected chi connectivity index (χ0v) is 24.7. The first-order chi connectivity index (χ1) is 20.6. The van der Waals surface area contributed by atoms with Crippen molar-refractivity contribution in [3.8, 4) is 16.8 Å². The number of hydrogen-bond acceptors (Lipinski definition) is 4. The van der Waals surface area contributed by atoms with Gasteiger partial charge in [0.15, 0.2) is 0 Å². The first kappa shape index (κ1) is 27.9. The summed E-state index contributed by atoms with van der Waals surface area (Å²) in [4.78, 5) is 14.7. The van der Waals surface area contributed by atoms with E-state index in [1.54, 1.807) is 4.80 Å². The molecule has 0 bridgehead atoms. The molecule has 1 unspecified atom stereocenters. The van der Waals surface area contributed by atoms with Crippen molar-refractivity contribution in [3.05, 3.63) is 101 Å². The molecule has 4 aromatic carbocycles. The largest absolute Gasteiger partial charge is 0.422 e. The molecule has 0 aliphatic rings. The van der Waals surface area contributed by atoms with Crippen LogP contribution in [-0.4, -0.2) is 15.0 Å². The Bertz CT molecular complexity index is 1870. The van der Waals surface area contributed by atoms with E-state index < -0.39 is 0 Å². The van der Waals surface area contributed by atoms with Gasteiger partial charge in [-0.2, -0.15) is 4.80 Å². The van der Waals surface area contributed by atoms with Crippen molar-refractivity contribution in [2.45, 2.75) is 77.6 Å². The van der Waals surface area contributed by atoms with Crippen LogP contribution in [0.4, 0.5) is 0 Å². The highest BCUT2D eigenvalue weighted by atomic mass is 16.4. The van der Waals surface area contributed by atoms with Gasteiger partial charge in [0.25, 0.3) is 0 Å². The summed E-state index contributed by atoms with van der Waals surface area (Å²) in [6.07, 6.45) is 11.7. The molecule has 0 spiro atoms. The van der Waals surface area contributed by atoms with E-state index in [4.69, 9.17) is 9.52 Å². The van der Waals surface area contributed by atoms with Crippen LogP contribution >= 0.6 is 0 Å². The van der Waals surface area contributed by atoms with Crippen molar-refractivity contribution in [3.63, 3.8) is 0 Å². The molecule has 0 saturated carbocycles. The monoisotopic (exact) mass is 557 g/mol. The van der Waals surface area contributed by atoms with Crippen LogP contribution in [0.5, 0.6) is 0 Å². The van der Waals surface area contributed by atoms with Crippen LogP contribution in [0.2, 0.25) is 0 Å². The molecular weight excluding hydrogens is 518 g/mol. The van der Waals surface area contributed by atoms with Gasteiger partial charge >= 0.3 is 5.63 Å². The van der Waals surface area contributed by atoms with E-state index in [1.807, 2.05) is 42.5 Å². The predicted octanol–water partition coefficient (Wildman–Crippen LogP) is 9.98. The maximum Gasteiger partial charge on any atom is 0.344 e. The molecule has 0 radical (unpaired) electrons. The van der Waals surface area contributed by atoms with Gasteiger partial charge in [-0.25, -0.2) is 4.79 Å². The second-order valence-corrected chi connectivity index (χ2v) is 11.5. The van der Waals surface area contributed by atoms with E-state index in [0.29, 0.717) is 17.1 Å². The van der Waals surface area contributed by atoms with Crippen molar-refractivity contribution in [1.29, 1.82) is 0 Å². The Morgan fingerprint density at radius 3 is 2.33 bits per heavy atom. The van der Waals surface area contributed by atoms with Crippen LogP contribution in [0.3, 0.4) is 0 Å². The quantitative estimate of drug-likeness (QED) is 0.111. The van der Waals surface area contributed by atoms with Crippen LogP contribution in [0, 0.1) is 0 Å². The lowest BCUT2D eigenvalue weighted by Gasteiger charge is -2.16. The lowest BCUT2D eigenvalue weighted by atomic mass is 9.89. The summed E-state index contributed by atoms with van der Waals surface area (Å²) in [5.41, 5.74) is 5.41. The minimum Gasteiger partial charge on any atom is -0.422 e. The van der Waals surface area contributed by atoms with Crippen molar-refractivity contribution < 1.29 is 4.42 Å². The molecule has 6 rings (SSSR count). The normalized spacial score (nSPS) is 12.4. The van der Waals surface area contributed by atoms with Gasteiger partial charge in [0.05, 0.1) is 11.3 Å². The summed E-state index contributed by atoms with van der Waals surface area (Å²) in [5, 5.41) is 12.5. The average molecular weight is 558 g/mol. The standard InChI is InChI=1S/C37H39N3O2/c1-3-5-6-7-8-9-10-13-26(4-2)27-16-18-29(19-17-27)33-24-30-20-22-31(25-35(30)42-37(33)41)40-38-34-23-21-28-14-11-12-15-32(28)36(34)39-40/h11-12,14-26H,3-10,13H2,1-2H3. The van der Waals surface area contributed by atoms with Gasteiger partial charge in [-0.1, -0.05) is 113 Å². The summed E-state index contributed by atoms with van der Waals surface area (Å²) in [5.74, 6) is 0.562. The minimum absolute atomic E-state index is 0.341. The van der Waals surface area contributed by atoms with E-state index in [-0.39, 0.29) is 5.63 Å². The highest BCUT2D eigenvalue weighted by Gasteiger charge is 2.14. The zero-order valence-electron chi connectivity index (χ0n) is 24.7. The third-order valence-corrected chi connectivity index (χ3v) is 8.57. The van der Waals surface area contributed by atoms with Crippen molar-refractivity contribution in [2.24, 2.45) is 0 Å². The third kappa shape index (κ3) is 5.87. The summed E-state index contributed by atoms with van der Waals surface area (Å²) >= 11 is 0. The molecule has 0 N–H and O–H groups in total. The van der Waals surface area contributed by atoms with Crippen molar-refractivity contribution in [2.75, 3.05) is 0 Å². The van der Waals surface area contributed by atoms with Crippen molar-refractivity contribution >= 4 is 32.8 Å². The summed E-state index contributed by atoms with van der Waals surface area (Å²) in [6.45, 7) is 4.54. The number of rotatable bonds is 12. The topological polar surface area (TPSA) is 60.9 Å². The van der Waals surface area contributed by atoms with Crippen LogP contribution in [0.25, 0.3) is 49.6 Å². The van der Waals surface area contributed by atoms with E-state index in [1.165, 1.54) is 56.9 Å². The fraction of sp³-hybridized carbons (Fsp3) is 0.324. The Hall–Kier alpha value is -4.25. The Labute approximate surface area is 247 Å². The fourth-order valence-electron chi connectivity index (χ4n) is 6.08. The highest BCUT2D eigenvalue weighted by Crippen LogP contribution is 2.30. The molecule has 0 amide bonds. The molecule has 6 aromatic rings. The Balaban J connectivity index is 1.19. The summed E-state index contributed by atoms with van der Waals surface area (Å²) < 4.78 is 5.83. The van der Waals surface area contributed by atoms with Crippen LogP contribution in [0.15, 0.2) is 94.1 Å². The molecule has 42 heavy (non-hydrogen) atoms. The highest BCUT2D eigenvalue weighted by molar-refractivity contribution is 6.03. The molecule has 1 atom stereocenters. The molecule has 2 heterocycles. The number of fused-ring (bicyclic) bond motifs is 4. The summed E-state index contributed by atoms with van der Waals surface area (Å²) in [7, 11) is 0. The van der Waals surface area contributed by atoms with Gasteiger partial charge in [-0.3, -0.25) is 0 Å². The number of nitrogens with zero attached hydrogens (tertiary/aromatic N) is 3. The molecule has 0 fully saturated rings. The third-order valence-electron chi connectivity index (χ3n) is 8.57. The first-order valence-electron chi connectivity index (χ1n) is 15.6. The van der Waals surface area contributed by atoms with E-state index in [0.717, 1.165) is 44.9 Å². The fourth-order valence-corrected chi connectivity index (χ4v) is 6.08. The second kappa shape index (κ2) is 12.7. The number of aromatic nitrogens is 3. The van der Waals surface area contributed by atoms with Crippen molar-refractivity contribution in [1.82, 2.24) is 15.0 Å². The predicted molar refractivity (Wildman–Crippen MR) is 173 cm³/mol. The van der Waals surface area contributed by atoms with Crippen LogP contribution in [-0.2, 0) is 0 Å². The van der Waals surface area contributed by atoms with E-state index in [9.17, 15) is 4.79 Å². The Kier molecular flexibility index (Phi) is 8.45. The first-order valence-corrected chi connectivity index (χ1v) is 15.6. The van der Waals surface area contributed by atoms with Gasteiger partial charge in [-0.15, -0.1) is 10.2 Å². The molecule has 0 aliphatic heterocycles. The second-order valence-electron chi connectivity index (χ2n) is 11.5. The molecule has 5 heteroatoms. The van der Waals surface area contributed by atoms with Gasteiger partial charge < -0.3 is 4.42 Å². The molecule has 5 nitrogen and oxygen atoms in total. The molecular formula is C37H39N3O2. The van der Waals surface area contributed by atoms with Crippen LogP contribution in [0.1, 0.15) is 83.1 Å². The number of hydrogen-bond donors (Lipinski definition) is 0. The van der Waals surface area contributed by atoms with E-state index in [2.05, 4.69) is 61.4 Å². The molecule has 214 valence electrons.